The van der Waals surface area contributed by atoms with E-state index in [1.165, 1.54) is 19.2 Å². The number of aliphatic carboxylic acids is 1. The van der Waals surface area contributed by atoms with Crippen LogP contribution < -0.4 is 16.2 Å². The molecule has 3 heterocycles. The number of ketones is 1. The number of aliphatic imine (C=N–C) groups is 1. The van der Waals surface area contributed by atoms with E-state index in [0.29, 0.717) is 17.4 Å². The van der Waals surface area contributed by atoms with E-state index in [1.807, 2.05) is 30.3 Å². The number of carbonyl (C=O) groups is 3. The molecule has 248 valence electrons. The number of rotatable bonds is 14. The number of nitrogens with zero attached hydrogens (tertiary/aromatic N) is 4. The van der Waals surface area contributed by atoms with Gasteiger partial charge in [0.05, 0.1) is 17.1 Å². The molecule has 2 aliphatic rings. The molecule has 0 radical (unpaired) electrons. The number of hydroxylamine groups is 2. The van der Waals surface area contributed by atoms with E-state index in [-0.39, 0.29) is 10.8 Å². The molecule has 18 heteroatoms. The Kier molecular flexibility index (Phi) is 9.41. The van der Waals surface area contributed by atoms with E-state index in [2.05, 4.69) is 19.4 Å². The summed E-state index contributed by atoms with van der Waals surface area (Å²) in [7, 11) is -4.99. The molecule has 1 amide bonds. The van der Waals surface area contributed by atoms with E-state index in [9.17, 15) is 27.9 Å². The molecule has 0 aliphatic carbocycles. The van der Waals surface area contributed by atoms with Crippen LogP contribution >= 0.6 is 11.3 Å². The number of thiazole rings is 1. The standard InChI is InChI=1S/C29H30N6O10S2/c1-29(2)20(26(37)35(29)45-47(40,41)42)11-23(36)25(22-14-46-28(31)33-22)34-44-24(27(38)39)13-43-19-7-5-15(6-8-19)16-3-4-17-9-18(12-30)32-21(17)10-16/h3-8,10,14,20,24H,9,11-13,30H2,1-2H3,(H2,31,33)(H,38,39)(H,40,41,42)/b34-25-/t20-,24+/m1/s1. The van der Waals surface area contributed by atoms with E-state index in [1.54, 1.807) is 12.1 Å². The number of carboxylic acid groups (broad SMARTS) is 1. The molecule has 3 aromatic rings. The van der Waals surface area contributed by atoms with Gasteiger partial charge in [0.1, 0.15) is 18.1 Å². The smallest absolute Gasteiger partial charge is 0.418 e. The number of oxime groups is 1. The summed E-state index contributed by atoms with van der Waals surface area (Å²) in [6.07, 6.45) is -1.42. The Bertz CT molecular complexity index is 1890. The van der Waals surface area contributed by atoms with Crippen molar-refractivity contribution in [3.05, 3.63) is 59.1 Å². The van der Waals surface area contributed by atoms with Gasteiger partial charge in [-0.15, -0.1) is 15.6 Å². The van der Waals surface area contributed by atoms with Crippen molar-refractivity contribution in [2.45, 2.75) is 38.3 Å². The van der Waals surface area contributed by atoms with Crippen molar-refractivity contribution in [2.75, 3.05) is 18.9 Å². The number of carbonyl (C=O) groups excluding carboxylic acids is 2. The maximum absolute atomic E-state index is 13.3. The molecule has 2 atom stereocenters. The largest absolute Gasteiger partial charge is 0.489 e. The number of amides is 1. The van der Waals surface area contributed by atoms with Gasteiger partial charge in [0.15, 0.2) is 16.6 Å². The Morgan fingerprint density at radius 1 is 1.19 bits per heavy atom. The van der Waals surface area contributed by atoms with Crippen LogP contribution in [0, 0.1) is 5.92 Å². The first-order valence-electron chi connectivity index (χ1n) is 14.0. The second kappa shape index (κ2) is 13.2. The fraction of sp³-hybridized carbons (Fsp3) is 0.310. The number of carboxylic acids is 1. The maximum Gasteiger partial charge on any atom is 0.418 e. The minimum atomic E-state index is -4.99. The minimum absolute atomic E-state index is 0.0229. The number of aromatic nitrogens is 1. The quantitative estimate of drug-likeness (QED) is 0.0823. The highest BCUT2D eigenvalue weighted by Crippen LogP contribution is 2.41. The van der Waals surface area contributed by atoms with Gasteiger partial charge >= 0.3 is 16.4 Å². The summed E-state index contributed by atoms with van der Waals surface area (Å²) in [6.45, 7) is 2.77. The molecule has 0 saturated carbocycles. The summed E-state index contributed by atoms with van der Waals surface area (Å²) in [4.78, 5) is 51.7. The van der Waals surface area contributed by atoms with Crippen molar-refractivity contribution in [2.24, 2.45) is 21.8 Å². The van der Waals surface area contributed by atoms with Crippen LogP contribution in [0.15, 0.2) is 58.0 Å². The van der Waals surface area contributed by atoms with Crippen molar-refractivity contribution in [1.29, 1.82) is 0 Å². The zero-order valence-electron chi connectivity index (χ0n) is 25.0. The molecule has 6 N–H and O–H groups in total. The molecule has 2 aromatic carbocycles. The van der Waals surface area contributed by atoms with Crippen LogP contribution in [0.4, 0.5) is 10.8 Å². The Balaban J connectivity index is 1.26. The van der Waals surface area contributed by atoms with Crippen molar-refractivity contribution in [1.82, 2.24) is 10.0 Å². The highest BCUT2D eigenvalue weighted by Gasteiger charge is 2.57. The SMILES string of the molecule is CC1(C)[C@H](CC(=O)/C(=N\O[C@@H](COc2ccc(-c3ccc4c(c3)N=C(CN)C4)cc2)C(=O)O)c2csc(N)n2)C(=O)N1OS(=O)(=O)O. The van der Waals surface area contributed by atoms with Crippen LogP contribution in [0.1, 0.15) is 31.5 Å². The summed E-state index contributed by atoms with van der Waals surface area (Å²) in [5, 5.41) is 15.5. The third-order valence-electron chi connectivity index (χ3n) is 7.59. The third-order valence-corrected chi connectivity index (χ3v) is 8.60. The van der Waals surface area contributed by atoms with Crippen LogP contribution in [-0.4, -0.2) is 82.0 Å². The summed E-state index contributed by atoms with van der Waals surface area (Å²) in [5.74, 6) is -3.81. The number of ether oxygens (including phenoxy) is 1. The lowest BCUT2D eigenvalue weighted by Crippen LogP contribution is -2.68. The molecule has 1 aromatic heterocycles. The van der Waals surface area contributed by atoms with Crippen molar-refractivity contribution in [3.63, 3.8) is 0 Å². The van der Waals surface area contributed by atoms with Crippen LogP contribution in [0.25, 0.3) is 11.1 Å². The van der Waals surface area contributed by atoms with Gasteiger partial charge in [-0.1, -0.05) is 29.4 Å². The predicted molar refractivity (Wildman–Crippen MR) is 169 cm³/mol. The summed E-state index contributed by atoms with van der Waals surface area (Å²) < 4.78 is 41.2. The average molecular weight is 687 g/mol. The summed E-state index contributed by atoms with van der Waals surface area (Å²) >= 11 is 0.986. The van der Waals surface area contributed by atoms with E-state index >= 15 is 0 Å². The summed E-state index contributed by atoms with van der Waals surface area (Å²) in [6, 6.07) is 12.9. The zero-order chi connectivity index (χ0) is 34.1. The van der Waals surface area contributed by atoms with Gasteiger partial charge in [0.25, 0.3) is 12.0 Å². The van der Waals surface area contributed by atoms with Crippen LogP contribution in [0.3, 0.4) is 0 Å². The number of nitrogens with two attached hydrogens (primary N) is 2. The van der Waals surface area contributed by atoms with Crippen LogP contribution in [-0.2, 0) is 40.3 Å². The van der Waals surface area contributed by atoms with Crippen molar-refractivity contribution >= 4 is 61.6 Å². The molecule has 1 saturated heterocycles. The van der Waals surface area contributed by atoms with E-state index in [4.69, 9.17) is 25.6 Å². The van der Waals surface area contributed by atoms with Gasteiger partial charge in [-0.05, 0) is 48.7 Å². The van der Waals surface area contributed by atoms with Crippen LogP contribution in [0.2, 0.25) is 0 Å². The second-order valence-electron chi connectivity index (χ2n) is 11.1. The molecule has 16 nitrogen and oxygen atoms in total. The Labute approximate surface area is 272 Å². The molecule has 0 bridgehead atoms. The second-order valence-corrected chi connectivity index (χ2v) is 13.0. The van der Waals surface area contributed by atoms with Crippen molar-refractivity contribution in [3.8, 4) is 16.9 Å². The number of nitrogen functional groups attached to an aromatic ring is 1. The molecule has 47 heavy (non-hydrogen) atoms. The first-order chi connectivity index (χ1) is 22.2. The first-order valence-corrected chi connectivity index (χ1v) is 16.3. The fourth-order valence-electron chi connectivity index (χ4n) is 5.01. The highest BCUT2D eigenvalue weighted by molar-refractivity contribution is 7.80. The molecule has 1 fully saturated rings. The molecule has 0 spiro atoms. The molecule has 0 unspecified atom stereocenters. The van der Waals surface area contributed by atoms with Gasteiger partial charge in [-0.2, -0.15) is 13.5 Å². The number of benzene rings is 2. The number of Topliss-reactive ketones (excluding diaryl/α,β-unsaturated/α-hetero) is 1. The Morgan fingerprint density at radius 3 is 2.49 bits per heavy atom. The lowest BCUT2D eigenvalue weighted by atomic mass is 9.74. The van der Waals surface area contributed by atoms with Gasteiger partial charge in [-0.25, -0.2) is 9.78 Å². The number of hydrogen-bond acceptors (Lipinski definition) is 14. The van der Waals surface area contributed by atoms with Gasteiger partial charge in [0, 0.05) is 30.5 Å². The number of fused-ring (bicyclic) bond motifs is 1. The zero-order valence-corrected chi connectivity index (χ0v) is 26.7. The van der Waals surface area contributed by atoms with Crippen molar-refractivity contribution < 1.29 is 46.3 Å². The summed E-state index contributed by atoms with van der Waals surface area (Å²) in [5.41, 5.74) is 14.4. The Hall–Kier alpha value is -4.75. The number of anilines is 1. The first kappa shape index (κ1) is 33.6. The molecule has 2 aliphatic heterocycles. The van der Waals surface area contributed by atoms with Gasteiger partial charge in [-0.3, -0.25) is 19.1 Å². The van der Waals surface area contributed by atoms with E-state index < -0.39 is 64.4 Å². The topological polar surface area (TPSA) is 246 Å². The van der Waals surface area contributed by atoms with E-state index in [0.717, 1.165) is 45.8 Å². The lowest BCUT2D eigenvalue weighted by molar-refractivity contribution is -0.228. The predicted octanol–water partition coefficient (Wildman–Crippen LogP) is 2.16. The molecular formula is C29H30N6O10S2. The Morgan fingerprint density at radius 2 is 1.89 bits per heavy atom. The van der Waals surface area contributed by atoms with Crippen LogP contribution in [0.5, 0.6) is 5.75 Å². The average Bonchev–Trinajstić information content (AvgIpc) is 3.65. The third kappa shape index (κ3) is 7.47. The number of hydrogen-bond donors (Lipinski definition) is 4. The highest BCUT2D eigenvalue weighted by atomic mass is 32.3. The normalized spacial score (nSPS) is 17.8. The van der Waals surface area contributed by atoms with Gasteiger partial charge < -0.3 is 26.1 Å². The molecule has 5 rings (SSSR count). The maximum atomic E-state index is 13.3. The number of β-lactam (4-membered cyclic amide) rings is 1. The molecular weight excluding hydrogens is 656 g/mol. The minimum Gasteiger partial charge on any atom is -0.489 e. The monoisotopic (exact) mass is 686 g/mol. The fourth-order valence-corrected chi connectivity index (χ4v) is 6.01. The lowest BCUT2D eigenvalue weighted by Gasteiger charge is -2.50. The van der Waals surface area contributed by atoms with Gasteiger partial charge in [0.2, 0.25) is 0 Å².